The number of aliphatic imine (C=N–C) groups is 1. The Morgan fingerprint density at radius 2 is 1.58 bits per heavy atom. The van der Waals surface area contributed by atoms with E-state index in [-0.39, 0.29) is 6.02 Å². The van der Waals surface area contributed by atoms with Crippen molar-refractivity contribution in [3.05, 3.63) is 0 Å². The van der Waals surface area contributed by atoms with Crippen molar-refractivity contribution < 1.29 is 4.74 Å². The predicted molar refractivity (Wildman–Crippen MR) is 77.3 cm³/mol. The second-order valence-corrected chi connectivity index (χ2v) is 5.67. The normalized spacial score (nSPS) is 23.1. The molecule has 4 N–H and O–H groups in total. The summed E-state index contributed by atoms with van der Waals surface area (Å²) >= 11 is 0. The van der Waals surface area contributed by atoms with Gasteiger partial charge in [-0.1, -0.05) is 38.5 Å². The van der Waals surface area contributed by atoms with Crippen LogP contribution >= 0.6 is 0 Å². The Morgan fingerprint density at radius 1 is 1.00 bits per heavy atom. The summed E-state index contributed by atoms with van der Waals surface area (Å²) < 4.78 is 5.26. The van der Waals surface area contributed by atoms with Crippen LogP contribution in [-0.2, 0) is 4.74 Å². The first-order valence-corrected chi connectivity index (χ1v) is 7.60. The lowest BCUT2D eigenvalue weighted by Gasteiger charge is -2.25. The molecule has 0 radical (unpaired) electrons. The lowest BCUT2D eigenvalue weighted by Crippen LogP contribution is -2.40. The molecule has 2 rings (SSSR count). The highest BCUT2D eigenvalue weighted by Crippen LogP contribution is 2.21. The van der Waals surface area contributed by atoms with Crippen molar-refractivity contribution in [1.82, 2.24) is 5.32 Å². The van der Waals surface area contributed by atoms with E-state index in [1.807, 2.05) is 0 Å². The van der Waals surface area contributed by atoms with Crippen LogP contribution in [0.3, 0.4) is 0 Å². The number of nitrogens with zero attached hydrogens (tertiary/aromatic N) is 1. The first kappa shape index (κ1) is 14.2. The van der Waals surface area contributed by atoms with Gasteiger partial charge in [-0.3, -0.25) is 5.41 Å². The topological polar surface area (TPSA) is 83.5 Å². The van der Waals surface area contributed by atoms with Crippen LogP contribution in [0.2, 0.25) is 0 Å². The zero-order valence-electron chi connectivity index (χ0n) is 11.7. The van der Waals surface area contributed by atoms with E-state index in [0.717, 1.165) is 25.7 Å². The minimum Gasteiger partial charge on any atom is -0.393 e. The molecule has 19 heavy (non-hydrogen) atoms. The average molecular weight is 266 g/mol. The van der Waals surface area contributed by atoms with Crippen LogP contribution in [0.5, 0.6) is 0 Å². The van der Waals surface area contributed by atoms with E-state index in [1.54, 1.807) is 0 Å². The summed E-state index contributed by atoms with van der Waals surface area (Å²) in [5, 5.41) is 10.6. The fourth-order valence-corrected chi connectivity index (χ4v) is 2.99. The van der Waals surface area contributed by atoms with E-state index in [9.17, 15) is 0 Å². The van der Waals surface area contributed by atoms with E-state index in [1.165, 1.54) is 38.5 Å². The Kier molecular flexibility index (Phi) is 5.48. The molecule has 2 fully saturated rings. The zero-order valence-corrected chi connectivity index (χ0v) is 11.7. The maximum absolute atomic E-state index is 7.29. The fourth-order valence-electron chi connectivity index (χ4n) is 2.99. The van der Waals surface area contributed by atoms with Crippen molar-refractivity contribution >= 4 is 12.0 Å². The average Bonchev–Trinajstić information content (AvgIpc) is 2.40. The van der Waals surface area contributed by atoms with Crippen LogP contribution < -0.4 is 11.1 Å². The summed E-state index contributed by atoms with van der Waals surface area (Å²) in [5.41, 5.74) is 5.34. The van der Waals surface area contributed by atoms with Gasteiger partial charge in [0.2, 0.25) is 0 Å². The van der Waals surface area contributed by atoms with E-state index < -0.39 is 0 Å². The van der Waals surface area contributed by atoms with E-state index >= 15 is 0 Å². The quantitative estimate of drug-likeness (QED) is 0.530. The highest BCUT2D eigenvalue weighted by molar-refractivity contribution is 5.87. The molecule has 0 saturated heterocycles. The van der Waals surface area contributed by atoms with Crippen LogP contribution in [-0.4, -0.2) is 24.1 Å². The van der Waals surface area contributed by atoms with Crippen molar-refractivity contribution in [3.8, 4) is 0 Å². The molecule has 0 unspecified atom stereocenters. The number of nitrogens with one attached hydrogen (secondary N) is 2. The van der Waals surface area contributed by atoms with Gasteiger partial charge < -0.3 is 15.8 Å². The molecule has 0 amide bonds. The molecule has 0 aromatic rings. The highest BCUT2D eigenvalue weighted by atomic mass is 16.5. The second-order valence-electron chi connectivity index (χ2n) is 5.67. The number of rotatable bonds is 2. The number of amidine groups is 2. The minimum absolute atomic E-state index is 0.280. The van der Waals surface area contributed by atoms with Gasteiger partial charge in [-0.2, -0.15) is 0 Å². The Balaban J connectivity index is 1.92. The van der Waals surface area contributed by atoms with Gasteiger partial charge >= 0.3 is 0 Å². The third kappa shape index (κ3) is 5.09. The van der Waals surface area contributed by atoms with E-state index in [2.05, 4.69) is 10.3 Å². The van der Waals surface area contributed by atoms with Gasteiger partial charge in [0, 0.05) is 6.04 Å². The summed E-state index contributed by atoms with van der Waals surface area (Å²) in [7, 11) is 0. The largest absolute Gasteiger partial charge is 0.393 e. The highest BCUT2D eigenvalue weighted by Gasteiger charge is 2.18. The van der Waals surface area contributed by atoms with Gasteiger partial charge in [-0.05, 0) is 25.7 Å². The van der Waals surface area contributed by atoms with Gasteiger partial charge in [-0.15, -0.1) is 0 Å². The number of ether oxygens (including phenoxy) is 1. The second kappa shape index (κ2) is 7.36. The van der Waals surface area contributed by atoms with Crippen LogP contribution in [0, 0.1) is 5.41 Å². The summed E-state index contributed by atoms with van der Waals surface area (Å²) in [6, 6.07) is 0.943. The first-order chi connectivity index (χ1) is 9.24. The molecule has 108 valence electrons. The molecule has 0 bridgehead atoms. The molecular formula is C14H26N4O. The lowest BCUT2D eigenvalue weighted by molar-refractivity contribution is 0.374. The Hall–Kier alpha value is -1.26. The van der Waals surface area contributed by atoms with Crippen molar-refractivity contribution in [1.29, 1.82) is 5.41 Å². The standard InChI is InChI=1S/C14H26N4O/c15-13(16)19-14(17-11-7-3-1-4-8-11)18-12-9-5-2-6-10-12/h11-12H,1-10H2,(H3,15,16)(H,17,18). The number of hydrogen-bond acceptors (Lipinski definition) is 3. The third-order valence-corrected chi connectivity index (χ3v) is 4.01. The van der Waals surface area contributed by atoms with Crippen molar-refractivity contribution in [2.45, 2.75) is 76.3 Å². The van der Waals surface area contributed by atoms with E-state index in [4.69, 9.17) is 15.9 Å². The molecule has 2 aliphatic carbocycles. The summed E-state index contributed by atoms with van der Waals surface area (Å²) in [5.74, 6) is 0. The molecule has 5 heteroatoms. The van der Waals surface area contributed by atoms with Crippen LogP contribution in [0.4, 0.5) is 0 Å². The van der Waals surface area contributed by atoms with Crippen molar-refractivity contribution in [2.75, 3.05) is 0 Å². The van der Waals surface area contributed by atoms with Crippen LogP contribution in [0.25, 0.3) is 0 Å². The summed E-state index contributed by atoms with van der Waals surface area (Å²) in [6.07, 6.45) is 12.2. The molecule has 2 saturated carbocycles. The van der Waals surface area contributed by atoms with Gasteiger partial charge in [0.05, 0.1) is 6.04 Å². The maximum Gasteiger partial charge on any atom is 0.293 e. The van der Waals surface area contributed by atoms with Crippen molar-refractivity contribution in [3.63, 3.8) is 0 Å². The molecular weight excluding hydrogens is 240 g/mol. The Labute approximate surface area is 115 Å². The van der Waals surface area contributed by atoms with Gasteiger partial charge in [0.15, 0.2) is 0 Å². The van der Waals surface area contributed by atoms with Gasteiger partial charge in [-0.25, -0.2) is 4.99 Å². The maximum atomic E-state index is 7.29. The van der Waals surface area contributed by atoms with E-state index in [0.29, 0.717) is 18.1 Å². The van der Waals surface area contributed by atoms with Crippen molar-refractivity contribution in [2.24, 2.45) is 10.7 Å². The predicted octanol–water partition coefficient (Wildman–Crippen LogP) is 2.51. The van der Waals surface area contributed by atoms with Crippen LogP contribution in [0.15, 0.2) is 4.99 Å². The molecule has 5 nitrogen and oxygen atoms in total. The molecule has 0 atom stereocenters. The summed E-state index contributed by atoms with van der Waals surface area (Å²) in [6.45, 7) is 0. The van der Waals surface area contributed by atoms with Crippen LogP contribution in [0.1, 0.15) is 64.2 Å². The van der Waals surface area contributed by atoms with Gasteiger partial charge in [0.25, 0.3) is 12.0 Å². The number of hydrogen-bond donors (Lipinski definition) is 3. The lowest BCUT2D eigenvalue weighted by atomic mass is 9.95. The molecule has 0 aliphatic heterocycles. The molecule has 0 aromatic heterocycles. The Morgan fingerprint density at radius 3 is 2.16 bits per heavy atom. The first-order valence-electron chi connectivity index (χ1n) is 7.60. The molecule has 0 heterocycles. The fraction of sp³-hybridized carbons (Fsp3) is 0.857. The summed E-state index contributed by atoms with van der Waals surface area (Å²) in [4.78, 5) is 4.63. The van der Waals surface area contributed by atoms with Gasteiger partial charge in [0.1, 0.15) is 0 Å². The number of nitrogens with two attached hydrogens (primary N) is 1. The Bertz CT molecular complexity index is 317. The molecule has 0 aromatic carbocycles. The molecule has 0 spiro atoms. The SMILES string of the molecule is N=C(N)OC(=NC1CCCCC1)NC1CCCCC1. The minimum atomic E-state index is -0.280. The monoisotopic (exact) mass is 266 g/mol. The molecule has 2 aliphatic rings. The smallest absolute Gasteiger partial charge is 0.293 e. The third-order valence-electron chi connectivity index (χ3n) is 4.01. The zero-order chi connectivity index (χ0) is 13.5.